The van der Waals surface area contributed by atoms with Crippen LogP contribution >= 0.6 is 0 Å². The molecular weight excluding hydrogens is 420 g/mol. The highest BCUT2D eigenvalue weighted by molar-refractivity contribution is 5.89. The minimum atomic E-state index is -0.263. The van der Waals surface area contributed by atoms with Gasteiger partial charge in [0.1, 0.15) is 17.2 Å². The number of nitrogen functional groups attached to an aromatic ring is 1. The fourth-order valence-corrected chi connectivity index (χ4v) is 4.30. The zero-order valence-corrected chi connectivity index (χ0v) is 19.5. The summed E-state index contributed by atoms with van der Waals surface area (Å²) in [5.41, 5.74) is 8.60. The smallest absolute Gasteiger partial charge is 0.193 e. The minimum Gasteiger partial charge on any atom is -0.507 e. The summed E-state index contributed by atoms with van der Waals surface area (Å²) in [6.45, 7) is 6.03. The molecule has 1 fully saturated rings. The molecule has 0 bridgehead atoms. The molecule has 1 aromatic heterocycles. The number of likely N-dealkylation sites (N-methyl/N-ethyl adjacent to an activating group) is 1. The molecule has 0 unspecified atom stereocenters. The molecule has 1 saturated heterocycles. The quantitative estimate of drug-likeness (QED) is 0.420. The third-order valence-electron chi connectivity index (χ3n) is 6.32. The number of aromatic hydroxyl groups is 1. The number of pyridine rings is 1. The molecule has 2 aromatic carbocycles. The first-order chi connectivity index (χ1) is 15.9. The summed E-state index contributed by atoms with van der Waals surface area (Å²) >= 11 is 0. The number of nitrogens with two attached hydrogens (primary N) is 1. The van der Waals surface area contributed by atoms with Crippen LogP contribution in [0.2, 0.25) is 0 Å². The van der Waals surface area contributed by atoms with Gasteiger partial charge in [-0.2, -0.15) is 0 Å². The number of aromatic nitrogens is 1. The number of anilines is 1. The summed E-state index contributed by atoms with van der Waals surface area (Å²) in [6.07, 6.45) is 0.940. The summed E-state index contributed by atoms with van der Waals surface area (Å²) < 4.78 is 13.0. The molecule has 1 aliphatic heterocycles. The Bertz CT molecular complexity index is 1200. The SMILES string of the molecule is COc1cc(O)c2c(=O)cc(-c3ccc(OCCCN4CCN(C)CC4)c(N)c3)n(C)c2c1. The largest absolute Gasteiger partial charge is 0.507 e. The number of hydrogen-bond acceptors (Lipinski definition) is 7. The summed E-state index contributed by atoms with van der Waals surface area (Å²) in [6, 6.07) is 10.2. The fraction of sp³-hybridized carbons (Fsp3) is 0.400. The molecule has 8 nitrogen and oxygen atoms in total. The molecule has 33 heavy (non-hydrogen) atoms. The first-order valence-corrected chi connectivity index (χ1v) is 11.2. The van der Waals surface area contributed by atoms with Gasteiger partial charge in [-0.1, -0.05) is 0 Å². The van der Waals surface area contributed by atoms with E-state index < -0.39 is 0 Å². The van der Waals surface area contributed by atoms with Gasteiger partial charge in [0.15, 0.2) is 5.43 Å². The van der Waals surface area contributed by atoms with Gasteiger partial charge in [-0.3, -0.25) is 4.79 Å². The molecule has 0 saturated carbocycles. The van der Waals surface area contributed by atoms with Crippen molar-refractivity contribution in [2.24, 2.45) is 7.05 Å². The molecule has 3 N–H and O–H groups in total. The average Bonchev–Trinajstić information content (AvgIpc) is 2.80. The van der Waals surface area contributed by atoms with Crippen LogP contribution in [0.5, 0.6) is 17.2 Å². The van der Waals surface area contributed by atoms with Crippen molar-refractivity contribution in [2.45, 2.75) is 6.42 Å². The van der Waals surface area contributed by atoms with E-state index >= 15 is 0 Å². The van der Waals surface area contributed by atoms with E-state index in [1.165, 1.54) is 19.2 Å². The van der Waals surface area contributed by atoms with Gasteiger partial charge < -0.3 is 34.7 Å². The van der Waals surface area contributed by atoms with Gasteiger partial charge in [0.2, 0.25) is 0 Å². The lowest BCUT2D eigenvalue weighted by molar-refractivity contribution is 0.145. The Labute approximate surface area is 193 Å². The second kappa shape index (κ2) is 9.72. The van der Waals surface area contributed by atoms with Crippen LogP contribution in [-0.4, -0.2) is 73.0 Å². The number of benzene rings is 2. The summed E-state index contributed by atoms with van der Waals surface area (Å²) in [5.74, 6) is 1.02. The third kappa shape index (κ3) is 4.91. The van der Waals surface area contributed by atoms with E-state index in [0.29, 0.717) is 35.0 Å². The van der Waals surface area contributed by atoms with Gasteiger partial charge in [0.25, 0.3) is 0 Å². The first-order valence-electron chi connectivity index (χ1n) is 11.2. The van der Waals surface area contributed by atoms with E-state index in [0.717, 1.165) is 44.7 Å². The molecule has 0 atom stereocenters. The molecule has 3 aromatic rings. The Kier molecular flexibility index (Phi) is 6.76. The van der Waals surface area contributed by atoms with Gasteiger partial charge in [-0.05, 0) is 31.7 Å². The zero-order chi connectivity index (χ0) is 23.5. The molecule has 2 heterocycles. The van der Waals surface area contributed by atoms with Crippen molar-refractivity contribution in [3.63, 3.8) is 0 Å². The van der Waals surface area contributed by atoms with E-state index in [9.17, 15) is 9.90 Å². The van der Waals surface area contributed by atoms with E-state index in [1.54, 1.807) is 6.07 Å². The number of ether oxygens (including phenoxy) is 2. The highest BCUT2D eigenvalue weighted by atomic mass is 16.5. The maximum absolute atomic E-state index is 12.7. The van der Waals surface area contributed by atoms with Crippen molar-refractivity contribution in [3.8, 4) is 28.5 Å². The maximum atomic E-state index is 12.7. The van der Waals surface area contributed by atoms with Crippen molar-refractivity contribution < 1.29 is 14.6 Å². The second-order valence-electron chi connectivity index (χ2n) is 8.59. The molecule has 4 rings (SSSR count). The maximum Gasteiger partial charge on any atom is 0.193 e. The van der Waals surface area contributed by atoms with Gasteiger partial charge >= 0.3 is 0 Å². The van der Waals surface area contributed by atoms with E-state index in [-0.39, 0.29) is 16.6 Å². The summed E-state index contributed by atoms with van der Waals surface area (Å²) in [7, 11) is 5.52. The molecule has 8 heteroatoms. The Balaban J connectivity index is 1.49. The van der Waals surface area contributed by atoms with Crippen LogP contribution in [0.4, 0.5) is 5.69 Å². The summed E-state index contributed by atoms with van der Waals surface area (Å²) in [4.78, 5) is 17.6. The number of phenolic OH excluding ortho intramolecular Hbond substituents is 1. The van der Waals surface area contributed by atoms with E-state index in [1.807, 2.05) is 29.8 Å². The number of methoxy groups -OCH3 is 1. The molecule has 1 aliphatic rings. The normalized spacial score (nSPS) is 15.1. The van der Waals surface area contributed by atoms with Crippen molar-refractivity contribution in [3.05, 3.63) is 46.6 Å². The standard InChI is InChI=1S/C25H32N4O4/c1-27-8-10-29(11-9-27)7-4-12-33-24-6-5-17(13-19(24)26)20-16-23(31)25-21(28(20)2)14-18(32-3)15-22(25)30/h5-6,13-16,30H,4,7-12,26H2,1-3H3. The fourth-order valence-electron chi connectivity index (χ4n) is 4.30. The van der Waals surface area contributed by atoms with E-state index in [4.69, 9.17) is 15.2 Å². The average molecular weight is 453 g/mol. The Hall–Kier alpha value is -3.23. The van der Waals surface area contributed by atoms with Crippen LogP contribution in [-0.2, 0) is 7.05 Å². The van der Waals surface area contributed by atoms with Crippen molar-refractivity contribution in [1.29, 1.82) is 0 Å². The first kappa shape index (κ1) is 22.9. The van der Waals surface area contributed by atoms with Crippen LogP contribution < -0.4 is 20.6 Å². The van der Waals surface area contributed by atoms with Crippen LogP contribution in [0.3, 0.4) is 0 Å². The number of fused-ring (bicyclic) bond motifs is 1. The lowest BCUT2D eigenvalue weighted by atomic mass is 10.1. The molecule has 176 valence electrons. The zero-order valence-electron chi connectivity index (χ0n) is 19.5. The molecular formula is C25H32N4O4. The second-order valence-corrected chi connectivity index (χ2v) is 8.59. The lowest BCUT2D eigenvalue weighted by Gasteiger charge is -2.32. The number of aryl methyl sites for hydroxylation is 1. The van der Waals surface area contributed by atoms with Crippen molar-refractivity contribution >= 4 is 16.6 Å². The molecule has 0 aliphatic carbocycles. The molecule has 0 spiro atoms. The Morgan fingerprint density at radius 2 is 1.82 bits per heavy atom. The number of hydrogen-bond donors (Lipinski definition) is 2. The Morgan fingerprint density at radius 3 is 2.52 bits per heavy atom. The van der Waals surface area contributed by atoms with E-state index in [2.05, 4.69) is 16.8 Å². The minimum absolute atomic E-state index is 0.101. The topological polar surface area (TPSA) is 93.2 Å². The third-order valence-corrected chi connectivity index (χ3v) is 6.32. The number of nitrogens with zero attached hydrogens (tertiary/aromatic N) is 3. The van der Waals surface area contributed by atoms with Crippen LogP contribution in [0, 0.1) is 0 Å². The number of phenols is 1. The van der Waals surface area contributed by atoms with Crippen molar-refractivity contribution in [2.75, 3.05) is 59.2 Å². The predicted molar refractivity (Wildman–Crippen MR) is 131 cm³/mol. The summed E-state index contributed by atoms with van der Waals surface area (Å²) in [5, 5.41) is 10.6. The van der Waals surface area contributed by atoms with Gasteiger partial charge in [0.05, 0.1) is 36.0 Å². The number of rotatable bonds is 7. The predicted octanol–water partition coefficient (Wildman–Crippen LogP) is 2.52. The van der Waals surface area contributed by atoms with Crippen LogP contribution in [0.1, 0.15) is 6.42 Å². The van der Waals surface area contributed by atoms with Crippen LogP contribution in [0.25, 0.3) is 22.2 Å². The van der Waals surface area contributed by atoms with Crippen LogP contribution in [0.15, 0.2) is 41.2 Å². The van der Waals surface area contributed by atoms with Gasteiger partial charge in [-0.25, -0.2) is 0 Å². The number of piperazine rings is 1. The monoisotopic (exact) mass is 452 g/mol. The molecule has 0 amide bonds. The highest BCUT2D eigenvalue weighted by Gasteiger charge is 2.15. The lowest BCUT2D eigenvalue weighted by Crippen LogP contribution is -2.44. The molecule has 0 radical (unpaired) electrons. The van der Waals surface area contributed by atoms with Gasteiger partial charge in [-0.15, -0.1) is 0 Å². The highest BCUT2D eigenvalue weighted by Crippen LogP contribution is 2.32. The van der Waals surface area contributed by atoms with Gasteiger partial charge in [0, 0.05) is 63.5 Å². The van der Waals surface area contributed by atoms with Crippen molar-refractivity contribution in [1.82, 2.24) is 14.4 Å². The Morgan fingerprint density at radius 1 is 1.06 bits per heavy atom.